The van der Waals surface area contributed by atoms with E-state index in [0.717, 1.165) is 46.5 Å². The molecule has 0 bridgehead atoms. The summed E-state index contributed by atoms with van der Waals surface area (Å²) in [6.07, 6.45) is 0. The number of amides is 1. The van der Waals surface area contributed by atoms with Gasteiger partial charge >= 0.3 is 5.63 Å². The highest BCUT2D eigenvalue weighted by molar-refractivity contribution is 5.92. The molecule has 31 heavy (non-hydrogen) atoms. The van der Waals surface area contributed by atoms with Gasteiger partial charge in [0.25, 0.3) is 0 Å². The summed E-state index contributed by atoms with van der Waals surface area (Å²) in [5, 5.41) is 7.21. The first-order valence-electron chi connectivity index (χ1n) is 10.5. The number of nitrogens with one attached hydrogen (secondary N) is 2. The fraction of sp³-hybridized carbons (Fsp3) is 0.333. The Bertz CT molecular complexity index is 1130. The van der Waals surface area contributed by atoms with Crippen molar-refractivity contribution in [3.05, 3.63) is 69.6 Å². The fourth-order valence-electron chi connectivity index (χ4n) is 3.70. The maximum atomic E-state index is 12.2. The van der Waals surface area contributed by atoms with E-state index >= 15 is 0 Å². The normalized spacial score (nSPS) is 14.5. The second-order valence-corrected chi connectivity index (χ2v) is 7.84. The van der Waals surface area contributed by atoms with Crippen LogP contribution in [-0.4, -0.2) is 43.7 Å². The number of fused-ring (bicyclic) bond motifs is 1. The van der Waals surface area contributed by atoms with Crippen molar-refractivity contribution >= 4 is 28.3 Å². The zero-order chi connectivity index (χ0) is 21.8. The third-order valence-electron chi connectivity index (χ3n) is 5.64. The molecule has 0 spiro atoms. The predicted molar refractivity (Wildman–Crippen MR) is 122 cm³/mol. The number of carbonyl (C=O) groups excluding carboxylic acids is 1. The van der Waals surface area contributed by atoms with E-state index in [-0.39, 0.29) is 11.5 Å². The Balaban J connectivity index is 1.39. The topological polar surface area (TPSA) is 83.8 Å². The molecule has 0 aliphatic carbocycles. The van der Waals surface area contributed by atoms with Gasteiger partial charge in [-0.15, -0.1) is 0 Å². The van der Waals surface area contributed by atoms with E-state index in [1.54, 1.807) is 0 Å². The van der Waals surface area contributed by atoms with Crippen LogP contribution in [0.5, 0.6) is 0 Å². The van der Waals surface area contributed by atoms with Crippen LogP contribution in [0.1, 0.15) is 16.7 Å². The second kappa shape index (κ2) is 9.32. The molecule has 2 heterocycles. The number of aryl methyl sites for hydroxylation is 2. The monoisotopic (exact) mass is 421 g/mol. The van der Waals surface area contributed by atoms with Gasteiger partial charge in [0.15, 0.2) is 0 Å². The summed E-state index contributed by atoms with van der Waals surface area (Å²) >= 11 is 0. The first-order valence-corrected chi connectivity index (χ1v) is 10.5. The van der Waals surface area contributed by atoms with Crippen molar-refractivity contribution < 1.29 is 13.9 Å². The highest BCUT2D eigenvalue weighted by Gasteiger charge is 2.14. The summed E-state index contributed by atoms with van der Waals surface area (Å²) in [5.41, 5.74) is 4.90. The Morgan fingerprint density at radius 3 is 2.48 bits per heavy atom. The number of hydrogen-bond donors (Lipinski definition) is 2. The number of morpholine rings is 1. The molecule has 2 N–H and O–H groups in total. The van der Waals surface area contributed by atoms with Crippen molar-refractivity contribution in [3.63, 3.8) is 0 Å². The molecule has 0 atom stereocenters. The van der Waals surface area contributed by atoms with Crippen LogP contribution in [0.3, 0.4) is 0 Å². The number of benzene rings is 2. The minimum absolute atomic E-state index is 0.0317. The SMILES string of the molecule is Cc1ccc2c(CNc3ccc(NC(=O)CN4CCOCC4)cc3)cc(=O)oc2c1C. The number of nitrogens with zero attached hydrogens (tertiary/aromatic N) is 1. The third-order valence-corrected chi connectivity index (χ3v) is 5.64. The van der Waals surface area contributed by atoms with Crippen molar-refractivity contribution in [1.29, 1.82) is 0 Å². The molecule has 162 valence electrons. The van der Waals surface area contributed by atoms with Gasteiger partial charge in [0.1, 0.15) is 5.58 Å². The summed E-state index contributed by atoms with van der Waals surface area (Å²) < 4.78 is 10.7. The summed E-state index contributed by atoms with van der Waals surface area (Å²) in [6.45, 7) is 7.73. The molecular weight excluding hydrogens is 394 g/mol. The van der Waals surface area contributed by atoms with Crippen molar-refractivity contribution in [3.8, 4) is 0 Å². The van der Waals surface area contributed by atoms with Gasteiger partial charge in [0.2, 0.25) is 5.91 Å². The van der Waals surface area contributed by atoms with Gasteiger partial charge in [0, 0.05) is 42.5 Å². The van der Waals surface area contributed by atoms with Gasteiger partial charge < -0.3 is 19.8 Å². The molecule has 1 saturated heterocycles. The van der Waals surface area contributed by atoms with Crippen LogP contribution >= 0.6 is 0 Å². The molecule has 1 fully saturated rings. The van der Waals surface area contributed by atoms with Crippen LogP contribution in [0.4, 0.5) is 11.4 Å². The lowest BCUT2D eigenvalue weighted by Crippen LogP contribution is -2.41. The van der Waals surface area contributed by atoms with Gasteiger partial charge in [-0.25, -0.2) is 4.79 Å². The van der Waals surface area contributed by atoms with Crippen LogP contribution in [0.2, 0.25) is 0 Å². The van der Waals surface area contributed by atoms with Crippen LogP contribution in [0.15, 0.2) is 51.7 Å². The average molecular weight is 421 g/mol. The van der Waals surface area contributed by atoms with E-state index in [2.05, 4.69) is 15.5 Å². The third kappa shape index (κ3) is 5.13. The number of ether oxygens (including phenoxy) is 1. The highest BCUT2D eigenvalue weighted by Crippen LogP contribution is 2.24. The maximum Gasteiger partial charge on any atom is 0.336 e. The first-order chi connectivity index (χ1) is 15.0. The molecule has 7 nitrogen and oxygen atoms in total. The number of hydrogen-bond acceptors (Lipinski definition) is 6. The standard InChI is InChI=1S/C24H27N3O4/c1-16-3-8-21-18(13-23(29)31-24(21)17(16)2)14-25-19-4-6-20(7-5-19)26-22(28)15-27-9-11-30-12-10-27/h3-8,13,25H,9-12,14-15H2,1-2H3,(H,26,28). The lowest BCUT2D eigenvalue weighted by Gasteiger charge is -2.25. The smallest absolute Gasteiger partial charge is 0.336 e. The number of rotatable bonds is 6. The second-order valence-electron chi connectivity index (χ2n) is 7.84. The van der Waals surface area contributed by atoms with Crippen LogP contribution in [0.25, 0.3) is 11.0 Å². The zero-order valence-electron chi connectivity index (χ0n) is 17.9. The van der Waals surface area contributed by atoms with Gasteiger partial charge in [-0.3, -0.25) is 9.69 Å². The number of carbonyl (C=O) groups is 1. The molecular formula is C24H27N3O4. The average Bonchev–Trinajstić information content (AvgIpc) is 2.76. The molecule has 7 heteroatoms. The Hall–Kier alpha value is -3.16. The first kappa shape index (κ1) is 21.1. The molecule has 1 aliphatic heterocycles. The molecule has 1 aromatic heterocycles. The molecule has 3 aromatic rings. The van der Waals surface area contributed by atoms with E-state index < -0.39 is 0 Å². The van der Waals surface area contributed by atoms with E-state index in [0.29, 0.717) is 31.9 Å². The fourth-order valence-corrected chi connectivity index (χ4v) is 3.70. The summed E-state index contributed by atoms with van der Waals surface area (Å²) in [5.74, 6) is -0.0317. The lowest BCUT2D eigenvalue weighted by atomic mass is 10.0. The van der Waals surface area contributed by atoms with Gasteiger partial charge in [0.05, 0.1) is 19.8 Å². The van der Waals surface area contributed by atoms with E-state index in [1.165, 1.54) is 6.07 Å². The summed E-state index contributed by atoms with van der Waals surface area (Å²) in [4.78, 5) is 26.3. The molecule has 4 rings (SSSR count). The predicted octanol–water partition coefficient (Wildman–Crippen LogP) is 3.29. The summed E-state index contributed by atoms with van der Waals surface area (Å²) in [7, 11) is 0. The molecule has 1 aliphatic rings. The molecule has 0 saturated carbocycles. The van der Waals surface area contributed by atoms with Crippen LogP contribution < -0.4 is 16.3 Å². The molecule has 0 radical (unpaired) electrons. The Kier molecular flexibility index (Phi) is 6.34. The molecule has 2 aromatic carbocycles. The Morgan fingerprint density at radius 1 is 1.03 bits per heavy atom. The van der Waals surface area contributed by atoms with E-state index in [4.69, 9.17) is 9.15 Å². The minimum Gasteiger partial charge on any atom is -0.422 e. The summed E-state index contributed by atoms with van der Waals surface area (Å²) in [6, 6.07) is 13.1. The van der Waals surface area contributed by atoms with E-state index in [1.807, 2.05) is 50.2 Å². The Labute approximate surface area is 181 Å². The van der Waals surface area contributed by atoms with Crippen molar-refractivity contribution in [2.75, 3.05) is 43.5 Å². The van der Waals surface area contributed by atoms with Crippen molar-refractivity contribution in [1.82, 2.24) is 4.90 Å². The molecule has 1 amide bonds. The minimum atomic E-state index is -0.351. The largest absolute Gasteiger partial charge is 0.422 e. The van der Waals surface area contributed by atoms with Crippen molar-refractivity contribution in [2.24, 2.45) is 0 Å². The molecule has 0 unspecified atom stereocenters. The van der Waals surface area contributed by atoms with Crippen molar-refractivity contribution in [2.45, 2.75) is 20.4 Å². The maximum absolute atomic E-state index is 12.2. The number of anilines is 2. The Morgan fingerprint density at radius 2 is 1.74 bits per heavy atom. The quantitative estimate of drug-likeness (QED) is 0.594. The zero-order valence-corrected chi connectivity index (χ0v) is 17.9. The lowest BCUT2D eigenvalue weighted by molar-refractivity contribution is -0.118. The van der Waals surface area contributed by atoms with Crippen LogP contribution in [-0.2, 0) is 16.1 Å². The highest BCUT2D eigenvalue weighted by atomic mass is 16.5. The van der Waals surface area contributed by atoms with Gasteiger partial charge in [-0.05, 0) is 54.8 Å². The van der Waals surface area contributed by atoms with Crippen LogP contribution in [0, 0.1) is 13.8 Å². The van der Waals surface area contributed by atoms with Gasteiger partial charge in [-0.2, -0.15) is 0 Å². The van der Waals surface area contributed by atoms with E-state index in [9.17, 15) is 9.59 Å². The van der Waals surface area contributed by atoms with Gasteiger partial charge in [-0.1, -0.05) is 12.1 Å².